The van der Waals surface area contributed by atoms with E-state index in [4.69, 9.17) is 4.74 Å². The van der Waals surface area contributed by atoms with Crippen molar-refractivity contribution in [1.29, 1.82) is 0 Å². The number of hydrogen-bond acceptors (Lipinski definition) is 3. The fourth-order valence-electron chi connectivity index (χ4n) is 3.15. The molecule has 0 aromatic heterocycles. The van der Waals surface area contributed by atoms with E-state index >= 15 is 0 Å². The molecule has 0 spiro atoms. The number of fused-ring (bicyclic) bond motifs is 1. The van der Waals surface area contributed by atoms with Crippen LogP contribution in [0.4, 0.5) is 5.69 Å². The summed E-state index contributed by atoms with van der Waals surface area (Å²) in [5.74, 6) is 1.14. The van der Waals surface area contributed by atoms with Crippen LogP contribution in [0.15, 0.2) is 18.2 Å². The van der Waals surface area contributed by atoms with Crippen molar-refractivity contribution in [3.63, 3.8) is 0 Å². The molecule has 2 aliphatic rings. The van der Waals surface area contributed by atoms with E-state index in [-0.39, 0.29) is 11.9 Å². The van der Waals surface area contributed by atoms with Crippen molar-refractivity contribution >= 4 is 11.6 Å². The first-order valence-corrected chi connectivity index (χ1v) is 6.93. The summed E-state index contributed by atoms with van der Waals surface area (Å²) >= 11 is 0. The molecular formula is C15H20N2O2. The van der Waals surface area contributed by atoms with Gasteiger partial charge in [0.05, 0.1) is 13.2 Å². The second kappa shape index (κ2) is 4.76. The first-order chi connectivity index (χ1) is 9.19. The van der Waals surface area contributed by atoms with Crippen molar-refractivity contribution in [2.75, 3.05) is 19.0 Å². The van der Waals surface area contributed by atoms with E-state index < -0.39 is 0 Å². The van der Waals surface area contributed by atoms with Gasteiger partial charge in [-0.05, 0) is 38.0 Å². The lowest BCUT2D eigenvalue weighted by Crippen LogP contribution is -2.37. The Bertz CT molecular complexity index is 501. The van der Waals surface area contributed by atoms with E-state index in [1.807, 2.05) is 11.0 Å². The largest absolute Gasteiger partial charge is 0.497 e. The van der Waals surface area contributed by atoms with Crippen LogP contribution in [0.25, 0.3) is 0 Å². The molecule has 1 aromatic rings. The number of amides is 1. The highest BCUT2D eigenvalue weighted by Crippen LogP contribution is 2.40. The number of nitrogens with zero attached hydrogens (tertiary/aromatic N) is 1. The zero-order chi connectivity index (χ0) is 13.4. The van der Waals surface area contributed by atoms with Crippen LogP contribution >= 0.6 is 0 Å². The average molecular weight is 260 g/mol. The van der Waals surface area contributed by atoms with Crippen LogP contribution in [-0.2, 0) is 4.79 Å². The maximum Gasteiger partial charge on any atom is 0.223 e. The lowest BCUT2D eigenvalue weighted by Gasteiger charge is -2.37. The quantitative estimate of drug-likeness (QED) is 0.888. The number of carbonyl (C=O) groups excluding carboxylic acids is 1. The maximum atomic E-state index is 12.0. The van der Waals surface area contributed by atoms with Crippen LogP contribution in [0.3, 0.4) is 0 Å². The molecule has 0 saturated carbocycles. The van der Waals surface area contributed by atoms with E-state index in [0.717, 1.165) is 30.8 Å². The van der Waals surface area contributed by atoms with Gasteiger partial charge in [-0.1, -0.05) is 0 Å². The summed E-state index contributed by atoms with van der Waals surface area (Å²) in [5.41, 5.74) is 2.32. The minimum absolute atomic E-state index is 0.191. The van der Waals surface area contributed by atoms with Gasteiger partial charge in [0.25, 0.3) is 0 Å². The third-order valence-electron chi connectivity index (χ3n) is 4.08. The molecular weight excluding hydrogens is 240 g/mol. The van der Waals surface area contributed by atoms with E-state index in [9.17, 15) is 4.79 Å². The second-order valence-electron chi connectivity index (χ2n) is 5.44. The van der Waals surface area contributed by atoms with Gasteiger partial charge < -0.3 is 15.0 Å². The fourth-order valence-corrected chi connectivity index (χ4v) is 3.15. The van der Waals surface area contributed by atoms with E-state index in [0.29, 0.717) is 12.5 Å². The van der Waals surface area contributed by atoms with Gasteiger partial charge in [0.2, 0.25) is 5.91 Å². The van der Waals surface area contributed by atoms with Gasteiger partial charge in [-0.3, -0.25) is 4.79 Å². The Morgan fingerprint density at radius 2 is 2.26 bits per heavy atom. The Kier molecular flexibility index (Phi) is 3.09. The molecule has 1 fully saturated rings. The van der Waals surface area contributed by atoms with E-state index in [2.05, 4.69) is 24.4 Å². The zero-order valence-electron chi connectivity index (χ0n) is 11.5. The minimum Gasteiger partial charge on any atom is -0.497 e. The molecule has 1 amide bonds. The number of ether oxygens (including phenoxy) is 1. The lowest BCUT2D eigenvalue weighted by atomic mass is 9.92. The maximum absolute atomic E-state index is 12.0. The molecule has 3 rings (SSSR count). The number of hydrogen-bond donors (Lipinski definition) is 1. The number of rotatable bonds is 2. The summed E-state index contributed by atoms with van der Waals surface area (Å²) in [4.78, 5) is 14.1. The number of methoxy groups -OCH3 is 1. The van der Waals surface area contributed by atoms with Crippen LogP contribution in [-0.4, -0.2) is 30.5 Å². The molecule has 1 saturated heterocycles. The normalized spacial score (nSPS) is 26.0. The molecule has 102 valence electrons. The van der Waals surface area contributed by atoms with Gasteiger partial charge in [-0.25, -0.2) is 0 Å². The standard InChI is InChI=1S/C15H20N2O2/c1-10-8-14(17-7-3-4-15(17)18)12-9-11(19-2)5-6-13(12)16-10/h5-6,9-10,14,16H,3-4,7-8H2,1-2H3/t10-,14?/m1/s1. The Labute approximate surface area is 113 Å². The smallest absolute Gasteiger partial charge is 0.223 e. The zero-order valence-corrected chi connectivity index (χ0v) is 11.5. The molecule has 1 N–H and O–H groups in total. The summed E-state index contributed by atoms with van der Waals surface area (Å²) in [5, 5.41) is 3.49. The molecule has 19 heavy (non-hydrogen) atoms. The first-order valence-electron chi connectivity index (χ1n) is 6.93. The van der Waals surface area contributed by atoms with Crippen LogP contribution in [0.2, 0.25) is 0 Å². The minimum atomic E-state index is 0.191. The Balaban J connectivity index is 1.99. The SMILES string of the molecule is COc1ccc2c(c1)C(N1CCCC1=O)C[C@@H](C)N2. The Hall–Kier alpha value is -1.71. The molecule has 0 radical (unpaired) electrons. The molecule has 0 aliphatic carbocycles. The van der Waals surface area contributed by atoms with Crippen molar-refractivity contribution in [1.82, 2.24) is 4.90 Å². The molecule has 4 heteroatoms. The summed E-state index contributed by atoms with van der Waals surface area (Å²) < 4.78 is 5.31. The molecule has 1 aromatic carbocycles. The highest BCUT2D eigenvalue weighted by Gasteiger charge is 2.34. The number of carbonyl (C=O) groups is 1. The van der Waals surface area contributed by atoms with Gasteiger partial charge in [0.1, 0.15) is 5.75 Å². The van der Waals surface area contributed by atoms with Crippen molar-refractivity contribution in [3.05, 3.63) is 23.8 Å². The van der Waals surface area contributed by atoms with Crippen LogP contribution in [0.5, 0.6) is 5.75 Å². The number of benzene rings is 1. The molecule has 2 aliphatic heterocycles. The van der Waals surface area contributed by atoms with Gasteiger partial charge in [0.15, 0.2) is 0 Å². The highest BCUT2D eigenvalue weighted by atomic mass is 16.5. The van der Waals surface area contributed by atoms with Gasteiger partial charge in [-0.15, -0.1) is 0 Å². The van der Waals surface area contributed by atoms with Gasteiger partial charge in [0, 0.05) is 30.3 Å². The van der Waals surface area contributed by atoms with E-state index in [1.165, 1.54) is 5.56 Å². The van der Waals surface area contributed by atoms with E-state index in [1.54, 1.807) is 7.11 Å². The number of anilines is 1. The molecule has 2 atom stereocenters. The van der Waals surface area contributed by atoms with Gasteiger partial charge in [-0.2, -0.15) is 0 Å². The number of likely N-dealkylation sites (tertiary alicyclic amines) is 1. The number of nitrogens with one attached hydrogen (secondary N) is 1. The third-order valence-corrected chi connectivity index (χ3v) is 4.08. The first kappa shape index (κ1) is 12.3. The van der Waals surface area contributed by atoms with Crippen molar-refractivity contribution in [3.8, 4) is 5.75 Å². The fraction of sp³-hybridized carbons (Fsp3) is 0.533. The average Bonchev–Trinajstić information content (AvgIpc) is 2.83. The summed E-state index contributed by atoms with van der Waals surface area (Å²) in [6.07, 6.45) is 2.64. The predicted octanol–water partition coefficient (Wildman–Crippen LogP) is 2.56. The van der Waals surface area contributed by atoms with Crippen molar-refractivity contribution in [2.24, 2.45) is 0 Å². The Morgan fingerprint density at radius 1 is 1.42 bits per heavy atom. The second-order valence-corrected chi connectivity index (χ2v) is 5.44. The summed E-state index contributed by atoms with van der Waals surface area (Å²) in [7, 11) is 1.68. The predicted molar refractivity (Wildman–Crippen MR) is 74.4 cm³/mol. The highest BCUT2D eigenvalue weighted by molar-refractivity contribution is 5.79. The molecule has 0 bridgehead atoms. The topological polar surface area (TPSA) is 41.6 Å². The van der Waals surface area contributed by atoms with Gasteiger partial charge >= 0.3 is 0 Å². The summed E-state index contributed by atoms with van der Waals surface area (Å²) in [6, 6.07) is 6.66. The molecule has 2 heterocycles. The Morgan fingerprint density at radius 3 is 2.95 bits per heavy atom. The lowest BCUT2D eigenvalue weighted by molar-refractivity contribution is -0.130. The van der Waals surface area contributed by atoms with Crippen LogP contribution < -0.4 is 10.1 Å². The van der Waals surface area contributed by atoms with Crippen LogP contribution in [0, 0.1) is 0 Å². The van der Waals surface area contributed by atoms with Crippen molar-refractivity contribution in [2.45, 2.75) is 38.3 Å². The molecule has 1 unspecified atom stereocenters. The van der Waals surface area contributed by atoms with Crippen molar-refractivity contribution < 1.29 is 9.53 Å². The monoisotopic (exact) mass is 260 g/mol. The molecule has 4 nitrogen and oxygen atoms in total. The summed E-state index contributed by atoms with van der Waals surface area (Å²) in [6.45, 7) is 3.05. The van der Waals surface area contributed by atoms with Crippen LogP contribution in [0.1, 0.15) is 37.8 Å². The third kappa shape index (κ3) is 2.15.